The number of aryl methyl sites for hydroxylation is 1. The molecule has 0 fully saturated rings. The van der Waals surface area contributed by atoms with Gasteiger partial charge >= 0.3 is 0 Å². The Labute approximate surface area is 89.8 Å². The topological polar surface area (TPSA) is 56.3 Å². The van der Waals surface area contributed by atoms with Crippen LogP contribution in [0.15, 0.2) is 6.07 Å². The molecule has 0 aromatic carbocycles. The van der Waals surface area contributed by atoms with E-state index in [-0.39, 0.29) is 0 Å². The lowest BCUT2D eigenvalue weighted by Crippen LogP contribution is -2.11. The average Bonchev–Trinajstić information content (AvgIpc) is 2.18. The monoisotopic (exact) mass is 211 g/mol. The molecule has 1 aromatic rings. The molecule has 5 heteroatoms. The summed E-state index contributed by atoms with van der Waals surface area (Å²) in [4.78, 5) is 8.43. The highest BCUT2D eigenvalue weighted by Crippen LogP contribution is 2.11. The maximum Gasteiger partial charge on any atom is 0.226 e. The van der Waals surface area contributed by atoms with E-state index in [9.17, 15) is 0 Å². The van der Waals surface area contributed by atoms with Crippen molar-refractivity contribution >= 4 is 5.95 Å². The summed E-state index contributed by atoms with van der Waals surface area (Å²) in [7, 11) is 1.66. The van der Waals surface area contributed by atoms with E-state index < -0.39 is 0 Å². The van der Waals surface area contributed by atoms with E-state index in [0.29, 0.717) is 31.6 Å². The summed E-state index contributed by atoms with van der Waals surface area (Å²) in [6, 6.07) is 1.81. The van der Waals surface area contributed by atoms with E-state index in [0.717, 1.165) is 5.69 Å². The molecule has 0 bridgehead atoms. The predicted octanol–water partition coefficient (Wildman–Crippen LogP) is 1.24. The summed E-state index contributed by atoms with van der Waals surface area (Å²) in [6.07, 6.45) is 0. The maximum atomic E-state index is 5.31. The second-order valence-corrected chi connectivity index (χ2v) is 3.02. The van der Waals surface area contributed by atoms with Crippen LogP contribution in [0.2, 0.25) is 0 Å². The van der Waals surface area contributed by atoms with Gasteiger partial charge in [0.25, 0.3) is 0 Å². The fraction of sp³-hybridized carbons (Fsp3) is 0.600. The van der Waals surface area contributed by atoms with Gasteiger partial charge in [0.1, 0.15) is 0 Å². The highest BCUT2D eigenvalue weighted by molar-refractivity contribution is 5.30. The number of ether oxygens (including phenoxy) is 2. The van der Waals surface area contributed by atoms with Gasteiger partial charge in [-0.3, -0.25) is 0 Å². The summed E-state index contributed by atoms with van der Waals surface area (Å²) in [5, 5.41) is 3.06. The van der Waals surface area contributed by atoms with E-state index in [1.54, 1.807) is 7.11 Å². The van der Waals surface area contributed by atoms with Crippen LogP contribution < -0.4 is 10.1 Å². The van der Waals surface area contributed by atoms with E-state index in [4.69, 9.17) is 9.47 Å². The Balaban J connectivity index is 2.62. The third kappa shape index (κ3) is 4.12. The second kappa shape index (κ2) is 6.19. The van der Waals surface area contributed by atoms with Gasteiger partial charge in [0, 0.05) is 25.4 Å². The largest absolute Gasteiger partial charge is 0.478 e. The van der Waals surface area contributed by atoms with Gasteiger partial charge in [-0.05, 0) is 13.8 Å². The highest BCUT2D eigenvalue weighted by Gasteiger charge is 2.01. The molecule has 0 aliphatic carbocycles. The van der Waals surface area contributed by atoms with E-state index >= 15 is 0 Å². The number of nitrogens with one attached hydrogen (secondary N) is 1. The van der Waals surface area contributed by atoms with Gasteiger partial charge in [-0.25, -0.2) is 4.98 Å². The molecule has 0 spiro atoms. The van der Waals surface area contributed by atoms with Gasteiger partial charge in [-0.1, -0.05) is 0 Å². The zero-order valence-electron chi connectivity index (χ0n) is 9.41. The quantitative estimate of drug-likeness (QED) is 0.717. The fourth-order valence-electron chi connectivity index (χ4n) is 1.11. The van der Waals surface area contributed by atoms with Gasteiger partial charge in [-0.2, -0.15) is 4.98 Å². The van der Waals surface area contributed by atoms with Crippen molar-refractivity contribution in [1.82, 2.24) is 9.97 Å². The normalized spacial score (nSPS) is 10.1. The summed E-state index contributed by atoms with van der Waals surface area (Å²) in [5.41, 5.74) is 0.883. The number of rotatable bonds is 6. The van der Waals surface area contributed by atoms with Crippen molar-refractivity contribution in [3.05, 3.63) is 11.8 Å². The summed E-state index contributed by atoms with van der Waals surface area (Å²) < 4.78 is 10.2. The molecule has 0 atom stereocenters. The Kier molecular flexibility index (Phi) is 4.83. The SMILES string of the molecule is CCOc1cc(C)nc(NCCOC)n1. The van der Waals surface area contributed by atoms with Crippen LogP contribution in [0.1, 0.15) is 12.6 Å². The van der Waals surface area contributed by atoms with Crippen LogP contribution in [-0.2, 0) is 4.74 Å². The molecule has 0 aliphatic heterocycles. The maximum absolute atomic E-state index is 5.31. The molecule has 0 radical (unpaired) electrons. The predicted molar refractivity (Wildman–Crippen MR) is 58.3 cm³/mol. The molecule has 0 aliphatic rings. The highest BCUT2D eigenvalue weighted by atomic mass is 16.5. The molecule has 84 valence electrons. The first-order valence-corrected chi connectivity index (χ1v) is 4.97. The smallest absolute Gasteiger partial charge is 0.226 e. The fourth-order valence-corrected chi connectivity index (χ4v) is 1.11. The Morgan fingerprint density at radius 2 is 2.20 bits per heavy atom. The molecule has 1 rings (SSSR count). The molecule has 0 amide bonds. The Bertz CT molecular complexity index is 305. The van der Waals surface area contributed by atoms with Crippen molar-refractivity contribution in [2.75, 3.05) is 32.2 Å². The number of hydrogen-bond donors (Lipinski definition) is 1. The van der Waals surface area contributed by atoms with Crippen LogP contribution in [0, 0.1) is 6.92 Å². The molecule has 0 saturated carbocycles. The minimum Gasteiger partial charge on any atom is -0.478 e. The van der Waals surface area contributed by atoms with Gasteiger partial charge in [-0.15, -0.1) is 0 Å². The van der Waals surface area contributed by atoms with Crippen LogP contribution in [0.3, 0.4) is 0 Å². The Morgan fingerprint density at radius 1 is 1.40 bits per heavy atom. The lowest BCUT2D eigenvalue weighted by Gasteiger charge is -2.07. The third-order valence-electron chi connectivity index (χ3n) is 1.71. The van der Waals surface area contributed by atoms with Gasteiger partial charge in [0.05, 0.1) is 13.2 Å². The first-order chi connectivity index (χ1) is 7.26. The number of aromatic nitrogens is 2. The Hall–Kier alpha value is -1.36. The average molecular weight is 211 g/mol. The van der Waals surface area contributed by atoms with Crippen molar-refractivity contribution < 1.29 is 9.47 Å². The summed E-state index contributed by atoms with van der Waals surface area (Å²) >= 11 is 0. The van der Waals surface area contributed by atoms with Crippen molar-refractivity contribution in [3.8, 4) is 5.88 Å². The number of hydrogen-bond acceptors (Lipinski definition) is 5. The molecule has 1 heterocycles. The minimum atomic E-state index is 0.579. The van der Waals surface area contributed by atoms with Crippen LogP contribution in [0.5, 0.6) is 5.88 Å². The third-order valence-corrected chi connectivity index (χ3v) is 1.71. The summed E-state index contributed by atoms with van der Waals surface area (Å²) in [5.74, 6) is 1.18. The number of nitrogens with zero attached hydrogens (tertiary/aromatic N) is 2. The van der Waals surface area contributed by atoms with Gasteiger partial charge in [0.2, 0.25) is 11.8 Å². The standard InChI is InChI=1S/C10H17N3O2/c1-4-15-9-7-8(2)12-10(13-9)11-5-6-14-3/h7H,4-6H2,1-3H3,(H,11,12,13). The van der Waals surface area contributed by atoms with Crippen molar-refractivity contribution in [2.45, 2.75) is 13.8 Å². The van der Waals surface area contributed by atoms with Crippen LogP contribution in [0.4, 0.5) is 5.95 Å². The molecular weight excluding hydrogens is 194 g/mol. The van der Waals surface area contributed by atoms with Crippen molar-refractivity contribution in [2.24, 2.45) is 0 Å². The first-order valence-electron chi connectivity index (χ1n) is 4.97. The van der Waals surface area contributed by atoms with E-state index in [1.807, 2.05) is 19.9 Å². The molecule has 0 saturated heterocycles. The van der Waals surface area contributed by atoms with Gasteiger partial charge < -0.3 is 14.8 Å². The molecule has 1 aromatic heterocycles. The number of anilines is 1. The second-order valence-electron chi connectivity index (χ2n) is 3.02. The van der Waals surface area contributed by atoms with E-state index in [2.05, 4.69) is 15.3 Å². The van der Waals surface area contributed by atoms with E-state index in [1.165, 1.54) is 0 Å². The first kappa shape index (κ1) is 11.7. The van der Waals surface area contributed by atoms with Crippen molar-refractivity contribution in [3.63, 3.8) is 0 Å². The van der Waals surface area contributed by atoms with Crippen molar-refractivity contribution in [1.29, 1.82) is 0 Å². The molecule has 5 nitrogen and oxygen atoms in total. The van der Waals surface area contributed by atoms with Crippen LogP contribution >= 0.6 is 0 Å². The molecule has 0 unspecified atom stereocenters. The summed E-state index contributed by atoms with van der Waals surface area (Å²) in [6.45, 7) is 5.75. The molecule has 1 N–H and O–H groups in total. The number of methoxy groups -OCH3 is 1. The van der Waals surface area contributed by atoms with Gasteiger partial charge in [0.15, 0.2) is 0 Å². The zero-order valence-corrected chi connectivity index (χ0v) is 9.41. The molecule has 15 heavy (non-hydrogen) atoms. The lowest BCUT2D eigenvalue weighted by molar-refractivity contribution is 0.210. The lowest BCUT2D eigenvalue weighted by atomic mass is 10.4. The Morgan fingerprint density at radius 3 is 2.87 bits per heavy atom. The molecular formula is C10H17N3O2. The minimum absolute atomic E-state index is 0.579. The van der Waals surface area contributed by atoms with Crippen LogP contribution in [-0.4, -0.2) is 36.8 Å². The van der Waals surface area contributed by atoms with Crippen LogP contribution in [0.25, 0.3) is 0 Å². The zero-order chi connectivity index (χ0) is 11.1.